The van der Waals surface area contributed by atoms with Crippen LogP contribution in [0, 0.1) is 13.8 Å². The van der Waals surface area contributed by atoms with Crippen LogP contribution in [0.4, 0.5) is 0 Å². The van der Waals surface area contributed by atoms with Crippen molar-refractivity contribution >= 4 is 21.6 Å². The molecule has 0 spiro atoms. The van der Waals surface area contributed by atoms with Crippen molar-refractivity contribution < 1.29 is 0 Å². The van der Waals surface area contributed by atoms with Crippen LogP contribution in [0.2, 0.25) is 0 Å². The summed E-state index contributed by atoms with van der Waals surface area (Å²) >= 11 is 1.58. The average molecular weight is 237 g/mol. The molecular formula is C11H15N3OS. The van der Waals surface area contributed by atoms with Crippen molar-refractivity contribution in [2.24, 2.45) is 0 Å². The minimum Gasteiger partial charge on any atom is -0.310 e. The molecule has 5 heteroatoms. The Balaban J connectivity index is 2.55. The minimum absolute atomic E-state index is 0.0280. The van der Waals surface area contributed by atoms with Crippen molar-refractivity contribution in [3.63, 3.8) is 0 Å². The van der Waals surface area contributed by atoms with E-state index in [0.29, 0.717) is 12.4 Å². The van der Waals surface area contributed by atoms with Crippen molar-refractivity contribution in [1.29, 1.82) is 0 Å². The molecule has 0 saturated carbocycles. The number of hydrogen-bond acceptors (Lipinski definition) is 4. The van der Waals surface area contributed by atoms with Gasteiger partial charge in [0.1, 0.15) is 10.7 Å². The van der Waals surface area contributed by atoms with Gasteiger partial charge in [-0.25, -0.2) is 4.98 Å². The lowest BCUT2D eigenvalue weighted by atomic mass is 10.2. The largest absolute Gasteiger partial charge is 0.310 e. The number of rotatable bonds is 3. The quantitative estimate of drug-likeness (QED) is 0.854. The third-order valence-electron chi connectivity index (χ3n) is 2.63. The molecule has 0 bridgehead atoms. The van der Waals surface area contributed by atoms with Crippen LogP contribution < -0.4 is 10.9 Å². The highest BCUT2D eigenvalue weighted by molar-refractivity contribution is 7.18. The van der Waals surface area contributed by atoms with Crippen molar-refractivity contribution in [2.45, 2.75) is 27.3 Å². The van der Waals surface area contributed by atoms with E-state index in [9.17, 15) is 4.79 Å². The van der Waals surface area contributed by atoms with Gasteiger partial charge in [0.05, 0.1) is 11.9 Å². The maximum Gasteiger partial charge on any atom is 0.259 e. The lowest BCUT2D eigenvalue weighted by Crippen LogP contribution is -2.18. The fraction of sp³-hybridized carbons (Fsp3) is 0.455. The predicted molar refractivity (Wildman–Crippen MR) is 67.1 cm³/mol. The molecular weight excluding hydrogens is 222 g/mol. The van der Waals surface area contributed by atoms with Crippen LogP contribution in [-0.4, -0.2) is 16.5 Å². The van der Waals surface area contributed by atoms with E-state index >= 15 is 0 Å². The number of aromatic amines is 1. The fourth-order valence-electron chi connectivity index (χ4n) is 1.63. The highest BCUT2D eigenvalue weighted by Gasteiger charge is 2.11. The number of thiophene rings is 1. The molecule has 86 valence electrons. The van der Waals surface area contributed by atoms with Gasteiger partial charge in [0.2, 0.25) is 0 Å². The van der Waals surface area contributed by atoms with E-state index in [2.05, 4.69) is 15.3 Å². The van der Waals surface area contributed by atoms with Crippen LogP contribution in [0.3, 0.4) is 0 Å². The molecule has 0 fully saturated rings. The summed E-state index contributed by atoms with van der Waals surface area (Å²) in [5.74, 6) is 0.709. The zero-order valence-electron chi connectivity index (χ0n) is 9.68. The van der Waals surface area contributed by atoms with Gasteiger partial charge in [-0.15, -0.1) is 11.3 Å². The number of fused-ring (bicyclic) bond motifs is 1. The smallest absolute Gasteiger partial charge is 0.259 e. The van der Waals surface area contributed by atoms with Gasteiger partial charge in [0.25, 0.3) is 5.56 Å². The summed E-state index contributed by atoms with van der Waals surface area (Å²) in [5.41, 5.74) is 1.02. The number of nitrogens with zero attached hydrogens (tertiary/aromatic N) is 1. The van der Waals surface area contributed by atoms with Gasteiger partial charge in [-0.05, 0) is 26.0 Å². The monoisotopic (exact) mass is 237 g/mol. The molecule has 0 aliphatic heterocycles. The van der Waals surface area contributed by atoms with E-state index in [1.165, 1.54) is 0 Å². The standard InChI is InChI=1S/C11H15N3OS/c1-4-12-5-8-13-10(15)9-6(2)7(3)16-11(9)14-8/h12H,4-5H2,1-3H3,(H,13,14,15). The first-order valence-corrected chi connectivity index (χ1v) is 6.14. The molecule has 4 nitrogen and oxygen atoms in total. The van der Waals surface area contributed by atoms with E-state index in [1.54, 1.807) is 11.3 Å². The Kier molecular flexibility index (Phi) is 3.07. The van der Waals surface area contributed by atoms with Crippen LogP contribution in [0.25, 0.3) is 10.2 Å². The fourth-order valence-corrected chi connectivity index (χ4v) is 2.68. The second-order valence-corrected chi connectivity index (χ2v) is 4.96. The Morgan fingerprint density at radius 1 is 1.44 bits per heavy atom. The second-order valence-electron chi connectivity index (χ2n) is 3.76. The average Bonchev–Trinajstić information content (AvgIpc) is 2.52. The second kappa shape index (κ2) is 4.35. The molecule has 2 rings (SSSR count). The highest BCUT2D eigenvalue weighted by atomic mass is 32.1. The third kappa shape index (κ3) is 1.88. The summed E-state index contributed by atoms with van der Waals surface area (Å²) in [5, 5.41) is 3.89. The van der Waals surface area contributed by atoms with Gasteiger partial charge in [0.15, 0.2) is 0 Å². The van der Waals surface area contributed by atoms with Gasteiger partial charge >= 0.3 is 0 Å². The Morgan fingerprint density at radius 2 is 2.19 bits per heavy atom. The topological polar surface area (TPSA) is 57.8 Å². The highest BCUT2D eigenvalue weighted by Crippen LogP contribution is 2.25. The number of aryl methyl sites for hydroxylation is 2. The van der Waals surface area contributed by atoms with E-state index in [-0.39, 0.29) is 5.56 Å². The Morgan fingerprint density at radius 3 is 2.88 bits per heavy atom. The summed E-state index contributed by atoms with van der Waals surface area (Å²) in [6, 6.07) is 0. The van der Waals surface area contributed by atoms with Crippen LogP contribution >= 0.6 is 11.3 Å². The molecule has 0 atom stereocenters. The van der Waals surface area contributed by atoms with Gasteiger partial charge in [-0.2, -0.15) is 0 Å². The number of nitrogens with one attached hydrogen (secondary N) is 2. The van der Waals surface area contributed by atoms with E-state index in [4.69, 9.17) is 0 Å². The minimum atomic E-state index is -0.0280. The van der Waals surface area contributed by atoms with Crippen LogP contribution in [0.15, 0.2) is 4.79 Å². The van der Waals surface area contributed by atoms with E-state index < -0.39 is 0 Å². The van der Waals surface area contributed by atoms with Crippen molar-refractivity contribution in [3.05, 3.63) is 26.6 Å². The molecule has 0 amide bonds. The molecule has 2 N–H and O–H groups in total. The third-order valence-corrected chi connectivity index (χ3v) is 3.73. The molecule has 16 heavy (non-hydrogen) atoms. The molecule has 2 heterocycles. The molecule has 0 unspecified atom stereocenters. The molecule has 2 aromatic rings. The van der Waals surface area contributed by atoms with Gasteiger partial charge in [0, 0.05) is 4.88 Å². The molecule has 0 saturated heterocycles. The van der Waals surface area contributed by atoms with Gasteiger partial charge in [-0.1, -0.05) is 6.92 Å². The summed E-state index contributed by atoms with van der Waals surface area (Å²) in [6.07, 6.45) is 0. The van der Waals surface area contributed by atoms with Crippen molar-refractivity contribution in [2.75, 3.05) is 6.54 Å². The molecule has 0 aliphatic rings. The van der Waals surface area contributed by atoms with Crippen LogP contribution in [0.5, 0.6) is 0 Å². The Hall–Kier alpha value is -1.20. The lowest BCUT2D eigenvalue weighted by molar-refractivity contribution is 0.692. The summed E-state index contributed by atoms with van der Waals surface area (Å²) < 4.78 is 0. The molecule has 0 aromatic carbocycles. The lowest BCUT2D eigenvalue weighted by Gasteiger charge is -2.00. The summed E-state index contributed by atoms with van der Waals surface area (Å²) in [6.45, 7) is 7.48. The number of hydrogen-bond donors (Lipinski definition) is 2. The van der Waals surface area contributed by atoms with Gasteiger partial charge < -0.3 is 10.3 Å². The molecule has 2 aromatic heterocycles. The van der Waals surface area contributed by atoms with Gasteiger partial charge in [-0.3, -0.25) is 4.79 Å². The first-order chi connectivity index (χ1) is 7.63. The van der Waals surface area contributed by atoms with Crippen molar-refractivity contribution in [1.82, 2.24) is 15.3 Å². The zero-order valence-corrected chi connectivity index (χ0v) is 10.5. The molecule has 0 radical (unpaired) electrons. The number of H-pyrrole nitrogens is 1. The SMILES string of the molecule is CCNCc1nc2sc(C)c(C)c2c(=O)[nH]1. The van der Waals surface area contributed by atoms with E-state index in [0.717, 1.165) is 27.2 Å². The zero-order chi connectivity index (χ0) is 11.7. The first kappa shape index (κ1) is 11.3. The maximum absolute atomic E-state index is 11.9. The van der Waals surface area contributed by atoms with Crippen LogP contribution in [0.1, 0.15) is 23.2 Å². The van der Waals surface area contributed by atoms with Crippen molar-refractivity contribution in [3.8, 4) is 0 Å². The predicted octanol–water partition coefficient (Wildman–Crippen LogP) is 1.71. The first-order valence-electron chi connectivity index (χ1n) is 5.33. The summed E-state index contributed by atoms with van der Waals surface area (Å²) in [7, 11) is 0. The normalized spacial score (nSPS) is 11.2. The maximum atomic E-state index is 11.9. The Bertz CT molecular complexity index is 570. The molecule has 0 aliphatic carbocycles. The summed E-state index contributed by atoms with van der Waals surface area (Å²) in [4.78, 5) is 21.2. The Labute approximate surface area is 97.7 Å². The number of aromatic nitrogens is 2. The van der Waals surface area contributed by atoms with Crippen LogP contribution in [-0.2, 0) is 6.54 Å². The van der Waals surface area contributed by atoms with E-state index in [1.807, 2.05) is 20.8 Å².